The Labute approximate surface area is 108 Å². The van der Waals surface area contributed by atoms with Crippen LogP contribution in [-0.2, 0) is 13.0 Å². The standard InChI is InChI=1S/C15H18N2O/c1-2-4-12-6-8-14(9-7-12)18-15-13(11-16)5-3-10-17-15/h3,5-10H,2,4,11,16H2,1H3. The molecule has 0 spiro atoms. The maximum absolute atomic E-state index is 5.74. The summed E-state index contributed by atoms with van der Waals surface area (Å²) in [6.07, 6.45) is 3.95. The van der Waals surface area contributed by atoms with Crippen molar-refractivity contribution in [2.24, 2.45) is 5.73 Å². The predicted octanol–water partition coefficient (Wildman–Crippen LogP) is 3.29. The van der Waals surface area contributed by atoms with Crippen LogP contribution >= 0.6 is 0 Å². The average molecular weight is 242 g/mol. The van der Waals surface area contributed by atoms with E-state index in [4.69, 9.17) is 10.5 Å². The van der Waals surface area contributed by atoms with E-state index in [1.807, 2.05) is 24.3 Å². The van der Waals surface area contributed by atoms with Gasteiger partial charge in [-0.1, -0.05) is 31.5 Å². The molecule has 2 rings (SSSR count). The van der Waals surface area contributed by atoms with E-state index in [0.29, 0.717) is 12.4 Å². The number of nitrogens with two attached hydrogens (primary N) is 1. The third-order valence-electron chi connectivity index (χ3n) is 2.75. The Bertz CT molecular complexity index is 494. The number of aryl methyl sites for hydroxylation is 1. The highest BCUT2D eigenvalue weighted by Crippen LogP contribution is 2.23. The zero-order chi connectivity index (χ0) is 12.8. The second-order valence-corrected chi connectivity index (χ2v) is 4.17. The molecule has 1 aromatic carbocycles. The van der Waals surface area contributed by atoms with Crippen LogP contribution in [0.25, 0.3) is 0 Å². The lowest BCUT2D eigenvalue weighted by Gasteiger charge is -2.08. The smallest absolute Gasteiger partial charge is 0.223 e. The second kappa shape index (κ2) is 6.17. The molecule has 0 aliphatic carbocycles. The lowest BCUT2D eigenvalue weighted by atomic mass is 10.1. The zero-order valence-electron chi connectivity index (χ0n) is 10.6. The van der Waals surface area contributed by atoms with Crippen LogP contribution in [0.15, 0.2) is 42.6 Å². The summed E-state index contributed by atoms with van der Waals surface area (Å²) in [6, 6.07) is 11.9. The number of rotatable bonds is 5. The van der Waals surface area contributed by atoms with Gasteiger partial charge in [-0.15, -0.1) is 0 Å². The first-order chi connectivity index (χ1) is 8.83. The van der Waals surface area contributed by atoms with E-state index >= 15 is 0 Å². The molecule has 1 aromatic heterocycles. The lowest BCUT2D eigenvalue weighted by Crippen LogP contribution is -2.00. The van der Waals surface area contributed by atoms with Crippen molar-refractivity contribution in [2.75, 3.05) is 0 Å². The fourth-order valence-corrected chi connectivity index (χ4v) is 1.80. The minimum atomic E-state index is 0.428. The van der Waals surface area contributed by atoms with Crippen LogP contribution in [0.2, 0.25) is 0 Å². The summed E-state index contributed by atoms with van der Waals surface area (Å²) in [6.45, 7) is 2.60. The highest BCUT2D eigenvalue weighted by Gasteiger charge is 2.04. The third-order valence-corrected chi connectivity index (χ3v) is 2.75. The van der Waals surface area contributed by atoms with Gasteiger partial charge in [0.25, 0.3) is 0 Å². The Balaban J connectivity index is 2.13. The van der Waals surface area contributed by atoms with Gasteiger partial charge in [0.05, 0.1) is 0 Å². The molecule has 18 heavy (non-hydrogen) atoms. The molecular weight excluding hydrogens is 224 g/mol. The first-order valence-corrected chi connectivity index (χ1v) is 6.24. The molecule has 3 heteroatoms. The van der Waals surface area contributed by atoms with Gasteiger partial charge in [-0.05, 0) is 30.2 Å². The fraction of sp³-hybridized carbons (Fsp3) is 0.267. The Morgan fingerprint density at radius 3 is 2.61 bits per heavy atom. The maximum Gasteiger partial charge on any atom is 0.223 e. The van der Waals surface area contributed by atoms with Gasteiger partial charge in [-0.25, -0.2) is 4.98 Å². The summed E-state index contributed by atoms with van der Waals surface area (Å²) in [5.74, 6) is 1.38. The van der Waals surface area contributed by atoms with E-state index < -0.39 is 0 Å². The highest BCUT2D eigenvalue weighted by molar-refractivity contribution is 5.33. The Morgan fingerprint density at radius 2 is 1.94 bits per heavy atom. The SMILES string of the molecule is CCCc1ccc(Oc2ncccc2CN)cc1. The molecule has 3 nitrogen and oxygen atoms in total. The molecule has 0 fully saturated rings. The third kappa shape index (κ3) is 3.08. The molecule has 0 bridgehead atoms. The quantitative estimate of drug-likeness (QED) is 0.875. The minimum absolute atomic E-state index is 0.428. The molecule has 0 saturated carbocycles. The topological polar surface area (TPSA) is 48.1 Å². The number of nitrogens with zero attached hydrogens (tertiary/aromatic N) is 1. The highest BCUT2D eigenvalue weighted by atomic mass is 16.5. The summed E-state index contributed by atoms with van der Waals surface area (Å²) >= 11 is 0. The molecule has 0 atom stereocenters. The number of benzene rings is 1. The van der Waals surface area contributed by atoms with Crippen molar-refractivity contribution in [3.63, 3.8) is 0 Å². The molecule has 0 radical (unpaired) electrons. The lowest BCUT2D eigenvalue weighted by molar-refractivity contribution is 0.456. The first kappa shape index (κ1) is 12.6. The van der Waals surface area contributed by atoms with Crippen molar-refractivity contribution in [1.29, 1.82) is 0 Å². The van der Waals surface area contributed by atoms with Gasteiger partial charge in [0.2, 0.25) is 5.88 Å². The second-order valence-electron chi connectivity index (χ2n) is 4.17. The number of aromatic nitrogens is 1. The van der Waals surface area contributed by atoms with Crippen molar-refractivity contribution in [1.82, 2.24) is 4.98 Å². The van der Waals surface area contributed by atoms with E-state index in [1.54, 1.807) is 6.20 Å². The van der Waals surface area contributed by atoms with Crippen LogP contribution in [-0.4, -0.2) is 4.98 Å². The van der Waals surface area contributed by atoms with Crippen molar-refractivity contribution in [3.8, 4) is 11.6 Å². The summed E-state index contributed by atoms with van der Waals surface area (Å²) < 4.78 is 5.74. The van der Waals surface area contributed by atoms with Crippen molar-refractivity contribution < 1.29 is 4.74 Å². The van der Waals surface area contributed by atoms with E-state index in [2.05, 4.69) is 24.0 Å². The van der Waals surface area contributed by atoms with Gasteiger partial charge in [-0.2, -0.15) is 0 Å². The van der Waals surface area contributed by atoms with E-state index in [0.717, 1.165) is 24.2 Å². The Kier molecular flexibility index (Phi) is 4.31. The van der Waals surface area contributed by atoms with Gasteiger partial charge in [0.1, 0.15) is 5.75 Å². The average Bonchev–Trinajstić information content (AvgIpc) is 2.42. The predicted molar refractivity (Wildman–Crippen MR) is 72.6 cm³/mol. The fourth-order valence-electron chi connectivity index (χ4n) is 1.80. The Hall–Kier alpha value is -1.87. The summed E-state index contributed by atoms with van der Waals surface area (Å²) in [7, 11) is 0. The molecule has 94 valence electrons. The number of hydrogen-bond donors (Lipinski definition) is 1. The van der Waals surface area contributed by atoms with Crippen molar-refractivity contribution >= 4 is 0 Å². The molecule has 2 aromatic rings. The van der Waals surface area contributed by atoms with Gasteiger partial charge in [0.15, 0.2) is 0 Å². The Morgan fingerprint density at radius 1 is 1.17 bits per heavy atom. The van der Waals surface area contributed by atoms with Crippen LogP contribution in [0.4, 0.5) is 0 Å². The number of ether oxygens (including phenoxy) is 1. The van der Waals surface area contributed by atoms with Crippen molar-refractivity contribution in [3.05, 3.63) is 53.7 Å². The molecule has 0 saturated heterocycles. The number of hydrogen-bond acceptors (Lipinski definition) is 3. The summed E-state index contributed by atoms with van der Waals surface area (Å²) in [5.41, 5.74) is 7.88. The van der Waals surface area contributed by atoms with Crippen LogP contribution in [0, 0.1) is 0 Å². The van der Waals surface area contributed by atoms with Crippen LogP contribution in [0.1, 0.15) is 24.5 Å². The maximum atomic E-state index is 5.74. The van der Waals surface area contributed by atoms with Crippen LogP contribution in [0.5, 0.6) is 11.6 Å². The van der Waals surface area contributed by atoms with Crippen LogP contribution in [0.3, 0.4) is 0 Å². The monoisotopic (exact) mass is 242 g/mol. The van der Waals surface area contributed by atoms with Gasteiger partial charge < -0.3 is 10.5 Å². The summed E-state index contributed by atoms with van der Waals surface area (Å²) in [4.78, 5) is 4.20. The molecule has 0 aliphatic rings. The molecular formula is C15H18N2O. The van der Waals surface area contributed by atoms with Crippen molar-refractivity contribution in [2.45, 2.75) is 26.3 Å². The first-order valence-electron chi connectivity index (χ1n) is 6.24. The van der Waals surface area contributed by atoms with E-state index in [9.17, 15) is 0 Å². The zero-order valence-corrected chi connectivity index (χ0v) is 10.6. The van der Waals surface area contributed by atoms with Gasteiger partial charge >= 0.3 is 0 Å². The normalized spacial score (nSPS) is 10.3. The summed E-state index contributed by atoms with van der Waals surface area (Å²) in [5, 5.41) is 0. The number of pyridine rings is 1. The molecule has 0 amide bonds. The molecule has 0 aliphatic heterocycles. The van der Waals surface area contributed by atoms with Gasteiger partial charge in [-0.3, -0.25) is 0 Å². The molecule has 0 unspecified atom stereocenters. The minimum Gasteiger partial charge on any atom is -0.439 e. The largest absolute Gasteiger partial charge is 0.439 e. The van der Waals surface area contributed by atoms with Crippen LogP contribution < -0.4 is 10.5 Å². The molecule has 2 N–H and O–H groups in total. The van der Waals surface area contributed by atoms with E-state index in [-0.39, 0.29) is 0 Å². The van der Waals surface area contributed by atoms with E-state index in [1.165, 1.54) is 5.56 Å². The van der Waals surface area contributed by atoms with Gasteiger partial charge in [0, 0.05) is 18.3 Å². The molecule has 1 heterocycles.